The average Bonchev–Trinajstić information content (AvgIpc) is 3.27. The molecule has 0 radical (unpaired) electrons. The lowest BCUT2D eigenvalue weighted by Gasteiger charge is -2.37. The Balaban J connectivity index is 1.42. The molecule has 0 amide bonds. The first-order valence-electron chi connectivity index (χ1n) is 11.9. The molecule has 3 heterocycles. The first-order valence-corrected chi connectivity index (χ1v) is 11.9. The van der Waals surface area contributed by atoms with Gasteiger partial charge in [0.05, 0.1) is 19.5 Å². The Kier molecular flexibility index (Phi) is 5.42. The molecule has 0 atom stereocenters. The summed E-state index contributed by atoms with van der Waals surface area (Å²) in [6, 6.07) is 21.5. The van der Waals surface area contributed by atoms with Crippen molar-refractivity contribution in [3.8, 4) is 5.75 Å². The molecular weight excluding hydrogens is 425 g/mol. The number of imidazole rings is 1. The SMILES string of the molecule is COc1ccc2c(c1)CCC(c1ccccc1)=C2c1ccn2cc(CN3CC(CF)C3)nc2c1. The molecule has 4 nitrogen and oxygen atoms in total. The smallest absolute Gasteiger partial charge is 0.137 e. The highest BCUT2D eigenvalue weighted by atomic mass is 19.1. The molecule has 6 rings (SSSR count). The fourth-order valence-electron chi connectivity index (χ4n) is 5.35. The minimum absolute atomic E-state index is 0.192. The van der Waals surface area contributed by atoms with Gasteiger partial charge in [-0.2, -0.15) is 0 Å². The van der Waals surface area contributed by atoms with E-state index in [2.05, 4.69) is 82.4 Å². The largest absolute Gasteiger partial charge is 0.497 e. The van der Waals surface area contributed by atoms with Gasteiger partial charge in [-0.05, 0) is 70.5 Å². The lowest BCUT2D eigenvalue weighted by atomic mass is 9.80. The Labute approximate surface area is 199 Å². The van der Waals surface area contributed by atoms with Crippen LogP contribution in [0.1, 0.15) is 34.4 Å². The molecule has 2 aliphatic rings. The zero-order valence-corrected chi connectivity index (χ0v) is 19.4. The molecule has 4 aromatic rings. The highest BCUT2D eigenvalue weighted by molar-refractivity contribution is 6.01. The molecule has 34 heavy (non-hydrogen) atoms. The van der Waals surface area contributed by atoms with Gasteiger partial charge in [-0.15, -0.1) is 0 Å². The van der Waals surface area contributed by atoms with Gasteiger partial charge in [-0.1, -0.05) is 36.4 Å². The lowest BCUT2D eigenvalue weighted by molar-refractivity contribution is 0.0727. The summed E-state index contributed by atoms with van der Waals surface area (Å²) < 4.78 is 20.4. The van der Waals surface area contributed by atoms with Gasteiger partial charge in [-0.3, -0.25) is 9.29 Å². The van der Waals surface area contributed by atoms with Crippen molar-refractivity contribution in [1.29, 1.82) is 0 Å². The van der Waals surface area contributed by atoms with Crippen LogP contribution in [0, 0.1) is 5.92 Å². The summed E-state index contributed by atoms with van der Waals surface area (Å²) in [5.41, 5.74) is 9.64. The third-order valence-corrected chi connectivity index (χ3v) is 7.09. The molecule has 0 spiro atoms. The van der Waals surface area contributed by atoms with E-state index < -0.39 is 0 Å². The molecule has 0 N–H and O–H groups in total. The number of aryl methyl sites for hydroxylation is 1. The number of hydrogen-bond acceptors (Lipinski definition) is 3. The molecule has 0 unspecified atom stereocenters. The maximum atomic E-state index is 12.8. The van der Waals surface area contributed by atoms with Crippen molar-refractivity contribution in [3.63, 3.8) is 0 Å². The molecular formula is C29H28FN3O. The van der Waals surface area contributed by atoms with Crippen molar-refractivity contribution in [1.82, 2.24) is 14.3 Å². The van der Waals surface area contributed by atoms with Crippen LogP contribution in [-0.4, -0.2) is 41.2 Å². The first-order chi connectivity index (χ1) is 16.7. The minimum Gasteiger partial charge on any atom is -0.497 e. The Bertz CT molecular complexity index is 1370. The number of hydrogen-bond donors (Lipinski definition) is 0. The highest BCUT2D eigenvalue weighted by Gasteiger charge is 2.27. The molecule has 1 saturated heterocycles. The zero-order chi connectivity index (χ0) is 23.1. The van der Waals surface area contributed by atoms with Crippen LogP contribution in [0.3, 0.4) is 0 Å². The number of allylic oxidation sites excluding steroid dienone is 1. The third kappa shape index (κ3) is 3.80. The Morgan fingerprint density at radius 3 is 2.65 bits per heavy atom. The number of benzene rings is 2. The van der Waals surface area contributed by atoms with Crippen molar-refractivity contribution in [2.45, 2.75) is 19.4 Å². The minimum atomic E-state index is -0.225. The number of ether oxygens (including phenoxy) is 1. The maximum absolute atomic E-state index is 12.8. The third-order valence-electron chi connectivity index (χ3n) is 7.09. The molecule has 1 aliphatic carbocycles. The van der Waals surface area contributed by atoms with Gasteiger partial charge in [0.15, 0.2) is 0 Å². The maximum Gasteiger partial charge on any atom is 0.137 e. The van der Waals surface area contributed by atoms with Crippen LogP contribution in [0.25, 0.3) is 16.8 Å². The molecule has 1 aliphatic heterocycles. The van der Waals surface area contributed by atoms with E-state index >= 15 is 0 Å². The van der Waals surface area contributed by atoms with E-state index in [1.807, 2.05) is 0 Å². The molecule has 172 valence electrons. The fraction of sp³-hybridized carbons (Fsp3) is 0.276. The number of likely N-dealkylation sites (tertiary alicyclic amines) is 1. The van der Waals surface area contributed by atoms with Gasteiger partial charge in [0.1, 0.15) is 11.4 Å². The standard InChI is InChI=1S/C29H28FN3O/c1-34-25-8-10-27-22(13-25)7-9-26(21-5-3-2-4-6-21)29(27)23-11-12-33-19-24(31-28(33)14-23)18-32-16-20(15-30)17-32/h2-6,8,10-14,19-20H,7,9,15-18H2,1H3. The van der Waals surface area contributed by atoms with Crippen molar-refractivity contribution in [2.24, 2.45) is 5.92 Å². The van der Waals surface area contributed by atoms with E-state index in [1.54, 1.807) is 7.11 Å². The molecule has 5 heteroatoms. The predicted octanol–water partition coefficient (Wildman–Crippen LogP) is 5.65. The quantitative estimate of drug-likeness (QED) is 0.378. The van der Waals surface area contributed by atoms with Crippen LogP contribution in [0.2, 0.25) is 0 Å². The fourth-order valence-corrected chi connectivity index (χ4v) is 5.35. The summed E-state index contributed by atoms with van der Waals surface area (Å²) in [5.74, 6) is 1.09. The van der Waals surface area contributed by atoms with E-state index in [4.69, 9.17) is 9.72 Å². The summed E-state index contributed by atoms with van der Waals surface area (Å²) in [7, 11) is 1.72. The normalized spacial score (nSPS) is 16.5. The van der Waals surface area contributed by atoms with E-state index in [9.17, 15) is 4.39 Å². The Morgan fingerprint density at radius 1 is 1.00 bits per heavy atom. The van der Waals surface area contributed by atoms with Crippen molar-refractivity contribution >= 4 is 16.8 Å². The van der Waals surface area contributed by atoms with Crippen molar-refractivity contribution in [3.05, 3.63) is 101 Å². The van der Waals surface area contributed by atoms with Crippen LogP contribution in [0.4, 0.5) is 4.39 Å². The second-order valence-corrected chi connectivity index (χ2v) is 9.37. The van der Waals surface area contributed by atoms with Gasteiger partial charge < -0.3 is 9.14 Å². The summed E-state index contributed by atoms with van der Waals surface area (Å²) in [5, 5.41) is 0. The summed E-state index contributed by atoms with van der Waals surface area (Å²) >= 11 is 0. The van der Waals surface area contributed by atoms with Crippen LogP contribution >= 0.6 is 0 Å². The Hall–Kier alpha value is -3.44. The number of aromatic nitrogens is 2. The van der Waals surface area contributed by atoms with E-state index in [1.165, 1.54) is 33.4 Å². The van der Waals surface area contributed by atoms with E-state index in [0.29, 0.717) is 0 Å². The highest BCUT2D eigenvalue weighted by Crippen LogP contribution is 2.42. The predicted molar refractivity (Wildman–Crippen MR) is 134 cm³/mol. The number of alkyl halides is 1. The summed E-state index contributed by atoms with van der Waals surface area (Å²) in [4.78, 5) is 7.16. The number of rotatable bonds is 6. The van der Waals surface area contributed by atoms with Gasteiger partial charge in [-0.25, -0.2) is 4.98 Å². The second kappa shape index (κ2) is 8.73. The van der Waals surface area contributed by atoms with E-state index in [-0.39, 0.29) is 12.6 Å². The van der Waals surface area contributed by atoms with Crippen molar-refractivity contribution in [2.75, 3.05) is 26.9 Å². The number of methoxy groups -OCH3 is 1. The number of pyridine rings is 1. The van der Waals surface area contributed by atoms with E-state index in [0.717, 1.165) is 49.6 Å². The second-order valence-electron chi connectivity index (χ2n) is 9.37. The zero-order valence-electron chi connectivity index (χ0n) is 19.4. The number of fused-ring (bicyclic) bond motifs is 2. The average molecular weight is 454 g/mol. The van der Waals surface area contributed by atoms with Gasteiger partial charge >= 0.3 is 0 Å². The molecule has 1 fully saturated rings. The van der Waals surface area contributed by atoms with Gasteiger partial charge in [0.25, 0.3) is 0 Å². The summed E-state index contributed by atoms with van der Waals surface area (Å²) in [6.07, 6.45) is 6.17. The monoisotopic (exact) mass is 453 g/mol. The molecule has 2 aromatic carbocycles. The van der Waals surface area contributed by atoms with Crippen LogP contribution in [0.15, 0.2) is 73.1 Å². The lowest BCUT2D eigenvalue weighted by Crippen LogP contribution is -2.46. The molecule has 0 bridgehead atoms. The van der Waals surface area contributed by atoms with Crippen LogP contribution < -0.4 is 4.74 Å². The summed E-state index contributed by atoms with van der Waals surface area (Å²) in [6.45, 7) is 2.19. The number of nitrogens with zero attached hydrogens (tertiary/aromatic N) is 3. The Morgan fingerprint density at radius 2 is 1.85 bits per heavy atom. The van der Waals surface area contributed by atoms with Crippen LogP contribution in [-0.2, 0) is 13.0 Å². The van der Waals surface area contributed by atoms with Gasteiger partial charge in [0.2, 0.25) is 0 Å². The number of halogens is 1. The molecule has 0 saturated carbocycles. The van der Waals surface area contributed by atoms with Gasteiger partial charge in [0, 0.05) is 37.9 Å². The molecule has 2 aromatic heterocycles. The first kappa shape index (κ1) is 21.1. The topological polar surface area (TPSA) is 29.8 Å². The van der Waals surface area contributed by atoms with Crippen molar-refractivity contribution < 1.29 is 9.13 Å². The van der Waals surface area contributed by atoms with Crippen LogP contribution in [0.5, 0.6) is 5.75 Å².